The lowest BCUT2D eigenvalue weighted by molar-refractivity contribution is 1.20. The largest absolute Gasteiger partial charge is 0.308 e. The molecule has 0 saturated carbocycles. The third-order valence-electron chi connectivity index (χ3n) is 9.23. The molecule has 0 unspecified atom stereocenters. The van der Waals surface area contributed by atoms with Crippen molar-refractivity contribution in [1.29, 1.82) is 0 Å². The minimum atomic E-state index is 1.24. The van der Waals surface area contributed by atoms with E-state index in [1.807, 2.05) is 22.7 Å². The number of hydrogen-bond acceptors (Lipinski definition) is 2. The van der Waals surface area contributed by atoms with E-state index in [-0.39, 0.29) is 0 Å². The first-order valence-corrected chi connectivity index (χ1v) is 16.9. The normalized spacial score (nSPS) is 12.0. The van der Waals surface area contributed by atoms with Crippen LogP contribution in [0.1, 0.15) is 0 Å². The van der Waals surface area contributed by atoms with Crippen molar-refractivity contribution in [1.82, 2.24) is 4.57 Å². The highest BCUT2D eigenvalue weighted by atomic mass is 32.1. The molecule has 7 aromatic carbocycles. The summed E-state index contributed by atoms with van der Waals surface area (Å²) in [6, 6.07) is 55.6. The fourth-order valence-electron chi connectivity index (χ4n) is 7.18. The van der Waals surface area contributed by atoms with Gasteiger partial charge in [-0.25, -0.2) is 0 Å². The Kier molecular flexibility index (Phi) is 5.39. The van der Waals surface area contributed by atoms with Crippen molar-refractivity contribution in [2.45, 2.75) is 0 Å². The Bertz CT molecular complexity index is 2740. The van der Waals surface area contributed by atoms with Crippen molar-refractivity contribution in [3.05, 3.63) is 152 Å². The van der Waals surface area contributed by atoms with E-state index in [2.05, 4.69) is 156 Å². The van der Waals surface area contributed by atoms with Gasteiger partial charge in [0, 0.05) is 46.4 Å². The molecule has 0 fully saturated rings. The van der Waals surface area contributed by atoms with Crippen LogP contribution in [0.4, 0.5) is 0 Å². The standard InChI is InChI=1S/C42H25NS2/c1-2-10-26(11-3-1)27-20-22-28(23-21-27)29-14-8-15-32-33-24-25-36-39(42(33)45-40(29)32)34-13-4-6-17-35(34)43(36)37-18-9-16-31-30-12-5-7-19-38(30)44-41(31)37/h1-25H. The molecule has 0 saturated heterocycles. The zero-order valence-electron chi connectivity index (χ0n) is 24.2. The molecule has 3 heterocycles. The summed E-state index contributed by atoms with van der Waals surface area (Å²) in [4.78, 5) is 0. The van der Waals surface area contributed by atoms with Crippen molar-refractivity contribution in [2.75, 3.05) is 0 Å². The Labute approximate surface area is 267 Å². The third kappa shape index (κ3) is 3.66. The van der Waals surface area contributed by atoms with Crippen LogP contribution in [0, 0.1) is 0 Å². The SMILES string of the molecule is c1ccc(-c2ccc(-c3cccc4c3sc3c4ccc4c3c3ccccc3n4-c3cccc4c3sc3ccccc34)cc2)cc1. The molecule has 1 nitrogen and oxygen atoms in total. The van der Waals surface area contributed by atoms with E-state index in [0.717, 1.165) is 0 Å². The molecule has 0 radical (unpaired) electrons. The minimum Gasteiger partial charge on any atom is -0.308 e. The number of hydrogen-bond donors (Lipinski definition) is 0. The van der Waals surface area contributed by atoms with Crippen LogP contribution in [0.3, 0.4) is 0 Å². The lowest BCUT2D eigenvalue weighted by atomic mass is 9.99. The smallest absolute Gasteiger partial charge is 0.0640 e. The van der Waals surface area contributed by atoms with Gasteiger partial charge in [-0.15, -0.1) is 22.7 Å². The van der Waals surface area contributed by atoms with E-state index in [1.165, 1.54) is 90.1 Å². The van der Waals surface area contributed by atoms with Crippen LogP contribution in [0.25, 0.3) is 90.1 Å². The average molecular weight is 608 g/mol. The first-order chi connectivity index (χ1) is 22.3. The maximum Gasteiger partial charge on any atom is 0.0640 e. The van der Waals surface area contributed by atoms with Gasteiger partial charge < -0.3 is 4.57 Å². The monoisotopic (exact) mass is 607 g/mol. The molecule has 0 aliphatic rings. The Morgan fingerprint density at radius 2 is 1.00 bits per heavy atom. The molecule has 45 heavy (non-hydrogen) atoms. The maximum absolute atomic E-state index is 2.50. The molecule has 10 aromatic rings. The van der Waals surface area contributed by atoms with Crippen LogP contribution in [0.5, 0.6) is 0 Å². The number of fused-ring (bicyclic) bond motifs is 10. The number of rotatable bonds is 3. The molecule has 3 aromatic heterocycles. The van der Waals surface area contributed by atoms with Crippen molar-refractivity contribution < 1.29 is 0 Å². The van der Waals surface area contributed by atoms with Crippen LogP contribution in [0.15, 0.2) is 152 Å². The van der Waals surface area contributed by atoms with Crippen molar-refractivity contribution in [2.24, 2.45) is 0 Å². The molecule has 0 aliphatic carbocycles. The topological polar surface area (TPSA) is 4.93 Å². The highest BCUT2D eigenvalue weighted by molar-refractivity contribution is 7.27. The Morgan fingerprint density at radius 1 is 0.356 bits per heavy atom. The minimum absolute atomic E-state index is 1.24. The lowest BCUT2D eigenvalue weighted by Crippen LogP contribution is -1.93. The molecule has 0 aliphatic heterocycles. The molecule has 0 spiro atoms. The van der Waals surface area contributed by atoms with E-state index in [4.69, 9.17) is 0 Å². The third-order valence-corrected chi connectivity index (χ3v) is 11.7. The summed E-state index contributed by atoms with van der Waals surface area (Å²) < 4.78 is 7.86. The summed E-state index contributed by atoms with van der Waals surface area (Å²) in [6.45, 7) is 0. The number of aromatic nitrogens is 1. The van der Waals surface area contributed by atoms with E-state index in [0.29, 0.717) is 0 Å². The summed E-state index contributed by atoms with van der Waals surface area (Å²) in [5.41, 5.74) is 8.79. The second kappa shape index (κ2) is 9.64. The summed E-state index contributed by atoms with van der Waals surface area (Å²) in [5, 5.41) is 7.95. The number of para-hydroxylation sites is 1. The van der Waals surface area contributed by atoms with E-state index >= 15 is 0 Å². The predicted molar refractivity (Wildman–Crippen MR) is 197 cm³/mol. The van der Waals surface area contributed by atoms with Gasteiger partial charge in [0.2, 0.25) is 0 Å². The summed E-state index contributed by atoms with van der Waals surface area (Å²) >= 11 is 3.83. The van der Waals surface area contributed by atoms with Gasteiger partial charge in [0.25, 0.3) is 0 Å². The fourth-order valence-corrected chi connectivity index (χ4v) is 9.77. The number of nitrogens with zero attached hydrogens (tertiary/aromatic N) is 1. The summed E-state index contributed by atoms with van der Waals surface area (Å²) in [7, 11) is 0. The van der Waals surface area contributed by atoms with E-state index in [1.54, 1.807) is 0 Å². The van der Waals surface area contributed by atoms with Gasteiger partial charge in [0.05, 0.1) is 21.4 Å². The molecule has 210 valence electrons. The average Bonchev–Trinajstić information content (AvgIpc) is 3.78. The molecular weight excluding hydrogens is 583 g/mol. The van der Waals surface area contributed by atoms with E-state index in [9.17, 15) is 0 Å². The van der Waals surface area contributed by atoms with Crippen LogP contribution >= 0.6 is 22.7 Å². The van der Waals surface area contributed by atoms with Crippen LogP contribution in [-0.4, -0.2) is 4.57 Å². The lowest BCUT2D eigenvalue weighted by Gasteiger charge is -2.09. The van der Waals surface area contributed by atoms with Gasteiger partial charge in [0.15, 0.2) is 0 Å². The van der Waals surface area contributed by atoms with Crippen LogP contribution in [0.2, 0.25) is 0 Å². The van der Waals surface area contributed by atoms with Gasteiger partial charge in [-0.2, -0.15) is 0 Å². The summed E-state index contributed by atoms with van der Waals surface area (Å²) in [5.74, 6) is 0. The van der Waals surface area contributed by atoms with Gasteiger partial charge in [-0.05, 0) is 46.5 Å². The molecule has 0 amide bonds. The highest BCUT2D eigenvalue weighted by Crippen LogP contribution is 2.47. The second-order valence-electron chi connectivity index (χ2n) is 11.7. The molecule has 0 atom stereocenters. The van der Waals surface area contributed by atoms with Gasteiger partial charge in [-0.3, -0.25) is 0 Å². The molecule has 3 heteroatoms. The molecule has 0 bridgehead atoms. The molecular formula is C42H25NS2. The predicted octanol–water partition coefficient (Wildman–Crippen LogP) is 12.9. The molecule has 10 rings (SSSR count). The van der Waals surface area contributed by atoms with Crippen LogP contribution < -0.4 is 0 Å². The van der Waals surface area contributed by atoms with E-state index < -0.39 is 0 Å². The summed E-state index contributed by atoms with van der Waals surface area (Å²) in [6.07, 6.45) is 0. The van der Waals surface area contributed by atoms with Gasteiger partial charge in [0.1, 0.15) is 0 Å². The first-order valence-electron chi connectivity index (χ1n) is 15.3. The van der Waals surface area contributed by atoms with Crippen LogP contribution in [-0.2, 0) is 0 Å². The number of benzene rings is 7. The molecule has 0 N–H and O–H groups in total. The first kappa shape index (κ1) is 25.1. The highest BCUT2D eigenvalue weighted by Gasteiger charge is 2.20. The number of thiophene rings is 2. The van der Waals surface area contributed by atoms with Crippen molar-refractivity contribution in [3.63, 3.8) is 0 Å². The maximum atomic E-state index is 2.50. The zero-order valence-corrected chi connectivity index (χ0v) is 25.8. The van der Waals surface area contributed by atoms with Gasteiger partial charge in [-0.1, -0.05) is 127 Å². The Morgan fingerprint density at radius 3 is 1.87 bits per heavy atom. The quantitative estimate of drug-likeness (QED) is 0.188. The van der Waals surface area contributed by atoms with Crippen molar-refractivity contribution in [3.8, 4) is 27.9 Å². The zero-order chi connectivity index (χ0) is 29.5. The Hall–Kier alpha value is -5.22. The Balaban J connectivity index is 1.23. The second-order valence-corrected chi connectivity index (χ2v) is 13.7. The van der Waals surface area contributed by atoms with Crippen molar-refractivity contribution >= 4 is 84.8 Å². The fraction of sp³-hybridized carbons (Fsp3) is 0. The van der Waals surface area contributed by atoms with Gasteiger partial charge >= 0.3 is 0 Å².